The summed E-state index contributed by atoms with van der Waals surface area (Å²) in [6, 6.07) is 31.4. The summed E-state index contributed by atoms with van der Waals surface area (Å²) < 4.78 is 13.0. The topological polar surface area (TPSA) is 41.9 Å². The number of likely N-dealkylation sites (tertiary alicyclic amines) is 1. The van der Waals surface area contributed by atoms with Crippen molar-refractivity contribution in [2.75, 3.05) is 13.2 Å². The second-order valence-electron chi connectivity index (χ2n) is 8.44. The Morgan fingerprint density at radius 3 is 1.81 bits per heavy atom. The summed E-state index contributed by atoms with van der Waals surface area (Å²) in [6.45, 7) is 3.00. The Bertz CT molecular complexity index is 904. The standard InChI is InChI=1S/C28H33NO3/c30-18-10-17-26-28(32-22-25-15-8-3-9-16-25)27(31-21-24-13-6-2-7-14-24)20-29(26)19-23-11-4-1-5-12-23/h1-9,11-16,26-28,30H,10,17-22H2/t26-,27-,28-/m0/s1. The molecule has 3 aromatic carbocycles. The molecule has 0 aliphatic carbocycles. The molecule has 0 unspecified atom stereocenters. The Morgan fingerprint density at radius 1 is 0.719 bits per heavy atom. The summed E-state index contributed by atoms with van der Waals surface area (Å²) in [5.74, 6) is 0. The van der Waals surface area contributed by atoms with Crippen molar-refractivity contribution in [3.05, 3.63) is 108 Å². The molecule has 1 fully saturated rings. The van der Waals surface area contributed by atoms with Crippen molar-refractivity contribution in [2.24, 2.45) is 0 Å². The van der Waals surface area contributed by atoms with Gasteiger partial charge in [-0.3, -0.25) is 4.90 Å². The normalized spacial score (nSPS) is 21.1. The monoisotopic (exact) mass is 431 g/mol. The SMILES string of the molecule is OCCC[C@H]1[C@H](OCc2ccccc2)[C@@H](OCc2ccccc2)CN1Cc1ccccc1. The zero-order valence-electron chi connectivity index (χ0n) is 18.6. The number of benzene rings is 3. The molecule has 0 aromatic heterocycles. The number of ether oxygens (including phenoxy) is 2. The van der Waals surface area contributed by atoms with Crippen LogP contribution in [0, 0.1) is 0 Å². The first-order valence-electron chi connectivity index (χ1n) is 11.5. The predicted octanol–water partition coefficient (Wildman–Crippen LogP) is 4.81. The van der Waals surface area contributed by atoms with E-state index in [2.05, 4.69) is 53.4 Å². The fourth-order valence-electron chi connectivity index (χ4n) is 4.48. The van der Waals surface area contributed by atoms with Gasteiger partial charge in [-0.25, -0.2) is 0 Å². The molecule has 3 atom stereocenters. The third-order valence-electron chi connectivity index (χ3n) is 6.11. The first-order valence-corrected chi connectivity index (χ1v) is 11.5. The summed E-state index contributed by atoms with van der Waals surface area (Å²) in [5.41, 5.74) is 3.62. The molecule has 4 heteroatoms. The quantitative estimate of drug-likeness (QED) is 0.473. The summed E-state index contributed by atoms with van der Waals surface area (Å²) in [6.07, 6.45) is 1.57. The van der Waals surface area contributed by atoms with Gasteiger partial charge in [-0.15, -0.1) is 0 Å². The van der Waals surface area contributed by atoms with Crippen molar-refractivity contribution in [2.45, 2.75) is 50.8 Å². The van der Waals surface area contributed by atoms with Crippen LogP contribution in [0.25, 0.3) is 0 Å². The Morgan fingerprint density at radius 2 is 1.25 bits per heavy atom. The van der Waals surface area contributed by atoms with Crippen LogP contribution in [-0.2, 0) is 29.2 Å². The van der Waals surface area contributed by atoms with Crippen LogP contribution in [0.5, 0.6) is 0 Å². The zero-order valence-corrected chi connectivity index (χ0v) is 18.6. The van der Waals surface area contributed by atoms with E-state index in [9.17, 15) is 5.11 Å². The van der Waals surface area contributed by atoms with E-state index in [-0.39, 0.29) is 24.9 Å². The lowest BCUT2D eigenvalue weighted by atomic mass is 10.0. The molecule has 1 aliphatic rings. The van der Waals surface area contributed by atoms with Gasteiger partial charge in [0.2, 0.25) is 0 Å². The van der Waals surface area contributed by atoms with Crippen molar-refractivity contribution in [3.63, 3.8) is 0 Å². The predicted molar refractivity (Wildman–Crippen MR) is 127 cm³/mol. The van der Waals surface area contributed by atoms with Crippen molar-refractivity contribution >= 4 is 0 Å². The molecule has 1 heterocycles. The molecule has 3 aromatic rings. The molecule has 0 amide bonds. The van der Waals surface area contributed by atoms with E-state index < -0.39 is 0 Å². The molecule has 1 N–H and O–H groups in total. The second kappa shape index (κ2) is 11.9. The molecule has 0 bridgehead atoms. The summed E-state index contributed by atoms with van der Waals surface area (Å²) >= 11 is 0. The summed E-state index contributed by atoms with van der Waals surface area (Å²) in [7, 11) is 0. The average Bonchev–Trinajstić information content (AvgIpc) is 3.17. The van der Waals surface area contributed by atoms with Gasteiger partial charge < -0.3 is 14.6 Å². The molecule has 1 aliphatic heterocycles. The summed E-state index contributed by atoms with van der Waals surface area (Å²) in [4.78, 5) is 2.47. The minimum Gasteiger partial charge on any atom is -0.396 e. The van der Waals surface area contributed by atoms with Crippen LogP contribution in [0.1, 0.15) is 29.5 Å². The Kier molecular flexibility index (Phi) is 8.46. The van der Waals surface area contributed by atoms with Crippen LogP contribution in [0.2, 0.25) is 0 Å². The Hall–Kier alpha value is -2.50. The van der Waals surface area contributed by atoms with Gasteiger partial charge in [0, 0.05) is 25.7 Å². The van der Waals surface area contributed by atoms with Gasteiger partial charge in [-0.2, -0.15) is 0 Å². The van der Waals surface area contributed by atoms with Crippen LogP contribution in [-0.4, -0.2) is 41.4 Å². The smallest absolute Gasteiger partial charge is 0.101 e. The van der Waals surface area contributed by atoms with Crippen molar-refractivity contribution < 1.29 is 14.6 Å². The van der Waals surface area contributed by atoms with E-state index in [1.165, 1.54) is 11.1 Å². The van der Waals surface area contributed by atoms with E-state index in [0.29, 0.717) is 13.2 Å². The lowest BCUT2D eigenvalue weighted by Gasteiger charge is -2.28. The molecule has 32 heavy (non-hydrogen) atoms. The van der Waals surface area contributed by atoms with Gasteiger partial charge in [-0.05, 0) is 29.5 Å². The number of aliphatic hydroxyl groups excluding tert-OH is 1. The van der Waals surface area contributed by atoms with E-state index in [1.54, 1.807) is 0 Å². The molecule has 4 rings (SSSR count). The molecule has 0 spiro atoms. The molecule has 4 nitrogen and oxygen atoms in total. The van der Waals surface area contributed by atoms with Gasteiger partial charge >= 0.3 is 0 Å². The van der Waals surface area contributed by atoms with Crippen LogP contribution in [0.4, 0.5) is 0 Å². The Labute approximate surface area is 191 Å². The fourth-order valence-corrected chi connectivity index (χ4v) is 4.48. The van der Waals surface area contributed by atoms with Crippen LogP contribution in [0.3, 0.4) is 0 Å². The third kappa shape index (κ3) is 6.27. The zero-order chi connectivity index (χ0) is 22.0. The average molecular weight is 432 g/mol. The van der Waals surface area contributed by atoms with E-state index in [0.717, 1.165) is 31.5 Å². The lowest BCUT2D eigenvalue weighted by Crippen LogP contribution is -2.38. The molecule has 0 radical (unpaired) electrons. The maximum atomic E-state index is 9.52. The number of nitrogens with zero attached hydrogens (tertiary/aromatic N) is 1. The second-order valence-corrected chi connectivity index (χ2v) is 8.44. The highest BCUT2D eigenvalue weighted by Gasteiger charge is 2.42. The van der Waals surface area contributed by atoms with Crippen LogP contribution in [0.15, 0.2) is 91.0 Å². The number of rotatable bonds is 11. The first kappa shape index (κ1) is 22.7. The third-order valence-corrected chi connectivity index (χ3v) is 6.11. The van der Waals surface area contributed by atoms with E-state index in [4.69, 9.17) is 9.47 Å². The van der Waals surface area contributed by atoms with Crippen molar-refractivity contribution in [3.8, 4) is 0 Å². The molecule has 168 valence electrons. The van der Waals surface area contributed by atoms with Crippen LogP contribution >= 0.6 is 0 Å². The van der Waals surface area contributed by atoms with Gasteiger partial charge in [-0.1, -0.05) is 91.0 Å². The number of aliphatic hydroxyl groups is 1. The van der Waals surface area contributed by atoms with Crippen molar-refractivity contribution in [1.82, 2.24) is 4.90 Å². The summed E-state index contributed by atoms with van der Waals surface area (Å²) in [5, 5.41) is 9.52. The maximum Gasteiger partial charge on any atom is 0.101 e. The van der Waals surface area contributed by atoms with Gasteiger partial charge in [0.05, 0.1) is 19.3 Å². The number of hydrogen-bond donors (Lipinski definition) is 1. The van der Waals surface area contributed by atoms with Gasteiger partial charge in [0.15, 0.2) is 0 Å². The maximum absolute atomic E-state index is 9.52. The van der Waals surface area contributed by atoms with E-state index >= 15 is 0 Å². The highest BCUT2D eigenvalue weighted by atomic mass is 16.5. The van der Waals surface area contributed by atoms with Gasteiger partial charge in [0.25, 0.3) is 0 Å². The van der Waals surface area contributed by atoms with Crippen LogP contribution < -0.4 is 0 Å². The highest BCUT2D eigenvalue weighted by Crippen LogP contribution is 2.30. The molecular formula is C28H33NO3. The van der Waals surface area contributed by atoms with Crippen molar-refractivity contribution in [1.29, 1.82) is 0 Å². The largest absolute Gasteiger partial charge is 0.396 e. The molecule has 0 saturated carbocycles. The Balaban J connectivity index is 1.51. The minimum atomic E-state index is -0.0471. The van der Waals surface area contributed by atoms with E-state index in [1.807, 2.05) is 42.5 Å². The van der Waals surface area contributed by atoms with Gasteiger partial charge in [0.1, 0.15) is 6.10 Å². The lowest BCUT2D eigenvalue weighted by molar-refractivity contribution is -0.0722. The fraction of sp³-hybridized carbons (Fsp3) is 0.357. The number of hydrogen-bond acceptors (Lipinski definition) is 4. The first-order chi connectivity index (χ1) is 15.8. The minimum absolute atomic E-state index is 0.0219. The molecule has 1 saturated heterocycles. The molecular weight excluding hydrogens is 398 g/mol. The highest BCUT2D eigenvalue weighted by molar-refractivity contribution is 5.17.